The van der Waals surface area contributed by atoms with Crippen molar-refractivity contribution in [3.63, 3.8) is 0 Å². The van der Waals surface area contributed by atoms with E-state index in [1.807, 2.05) is 24.3 Å². The molecule has 0 saturated carbocycles. The minimum Gasteiger partial charge on any atom is -0.449 e. The number of carbonyl (C=O) groups excluding carboxylic acids is 1. The minimum absolute atomic E-state index is 0. The van der Waals surface area contributed by atoms with Gasteiger partial charge in [0.05, 0.1) is 6.04 Å². The van der Waals surface area contributed by atoms with Gasteiger partial charge in [0.25, 0.3) is 0 Å². The predicted molar refractivity (Wildman–Crippen MR) is 90.1 cm³/mol. The van der Waals surface area contributed by atoms with Crippen LogP contribution >= 0.6 is 12.4 Å². The maximum absolute atomic E-state index is 11.6. The molecule has 2 aromatic rings. The Morgan fingerprint density at radius 1 is 1.05 bits per heavy atom. The molecule has 1 aliphatic heterocycles. The van der Waals surface area contributed by atoms with Crippen LogP contribution in [0.3, 0.4) is 0 Å². The SMILES string of the molecule is CC1(C)COC(=O)N[C@@H]1c1cccc(-c2ccccc2)c1.Cl. The maximum atomic E-state index is 11.6. The molecule has 3 nitrogen and oxygen atoms in total. The summed E-state index contributed by atoms with van der Waals surface area (Å²) in [6, 6.07) is 18.5. The molecule has 1 fully saturated rings. The Bertz CT molecular complexity index is 655. The van der Waals surface area contributed by atoms with E-state index in [0.717, 1.165) is 11.1 Å². The lowest BCUT2D eigenvalue weighted by molar-refractivity contribution is 0.0387. The van der Waals surface area contributed by atoms with Crippen molar-refractivity contribution in [3.8, 4) is 11.1 Å². The van der Waals surface area contributed by atoms with Crippen molar-refractivity contribution < 1.29 is 9.53 Å². The summed E-state index contributed by atoms with van der Waals surface area (Å²) in [6.07, 6.45) is -0.343. The second kappa shape index (κ2) is 6.41. The Morgan fingerprint density at radius 2 is 1.73 bits per heavy atom. The number of hydrogen-bond donors (Lipinski definition) is 1. The Kier molecular flexibility index (Phi) is 4.77. The van der Waals surface area contributed by atoms with Gasteiger partial charge in [-0.05, 0) is 22.8 Å². The summed E-state index contributed by atoms with van der Waals surface area (Å²) in [4.78, 5) is 11.6. The normalized spacial score (nSPS) is 19.5. The first-order valence-electron chi connectivity index (χ1n) is 7.15. The Balaban J connectivity index is 0.00000176. The average molecular weight is 318 g/mol. The summed E-state index contributed by atoms with van der Waals surface area (Å²) in [6.45, 7) is 4.64. The zero-order valence-corrected chi connectivity index (χ0v) is 13.5. The number of carbonyl (C=O) groups is 1. The van der Waals surface area contributed by atoms with Crippen LogP contribution in [0.4, 0.5) is 4.79 Å². The summed E-state index contributed by atoms with van der Waals surface area (Å²) in [7, 11) is 0. The van der Waals surface area contributed by atoms with Gasteiger partial charge in [0.15, 0.2) is 0 Å². The number of benzene rings is 2. The molecule has 0 spiro atoms. The molecule has 22 heavy (non-hydrogen) atoms. The molecule has 1 heterocycles. The second-order valence-corrected chi connectivity index (χ2v) is 6.13. The second-order valence-electron chi connectivity index (χ2n) is 6.13. The van der Waals surface area contributed by atoms with Gasteiger partial charge in [-0.25, -0.2) is 4.79 Å². The van der Waals surface area contributed by atoms with E-state index in [4.69, 9.17) is 4.74 Å². The molecule has 0 aliphatic carbocycles. The van der Waals surface area contributed by atoms with Crippen molar-refractivity contribution in [2.75, 3.05) is 6.61 Å². The molecule has 0 bridgehead atoms. The Labute approximate surface area is 137 Å². The van der Waals surface area contributed by atoms with Crippen molar-refractivity contribution in [1.82, 2.24) is 5.32 Å². The van der Waals surface area contributed by atoms with Crippen LogP contribution in [0.15, 0.2) is 54.6 Å². The van der Waals surface area contributed by atoms with Crippen LogP contribution in [0.2, 0.25) is 0 Å². The molecule has 1 amide bonds. The molecule has 0 unspecified atom stereocenters. The summed E-state index contributed by atoms with van der Waals surface area (Å²) in [5, 5.41) is 2.94. The van der Waals surface area contributed by atoms with Crippen LogP contribution in [0, 0.1) is 5.41 Å². The van der Waals surface area contributed by atoms with E-state index in [9.17, 15) is 4.79 Å². The fourth-order valence-electron chi connectivity index (χ4n) is 2.75. The van der Waals surface area contributed by atoms with Crippen molar-refractivity contribution in [1.29, 1.82) is 0 Å². The molecule has 4 heteroatoms. The summed E-state index contributed by atoms with van der Waals surface area (Å²) >= 11 is 0. The lowest BCUT2D eigenvalue weighted by atomic mass is 9.80. The highest BCUT2D eigenvalue weighted by atomic mass is 35.5. The number of alkyl carbamates (subject to hydrolysis) is 1. The van der Waals surface area contributed by atoms with Gasteiger partial charge in [0.1, 0.15) is 6.61 Å². The molecule has 1 saturated heterocycles. The highest BCUT2D eigenvalue weighted by Gasteiger charge is 2.37. The first-order chi connectivity index (χ1) is 10.1. The number of hydrogen-bond acceptors (Lipinski definition) is 2. The number of halogens is 1. The first-order valence-corrected chi connectivity index (χ1v) is 7.15. The van der Waals surface area contributed by atoms with Gasteiger partial charge in [-0.2, -0.15) is 0 Å². The third kappa shape index (κ3) is 3.25. The monoisotopic (exact) mass is 317 g/mol. The molecule has 3 rings (SSSR count). The molecular formula is C18H20ClNO2. The highest BCUT2D eigenvalue weighted by molar-refractivity contribution is 5.85. The molecule has 2 aromatic carbocycles. The first kappa shape index (κ1) is 16.4. The van der Waals surface area contributed by atoms with Gasteiger partial charge >= 0.3 is 6.09 Å². The molecule has 1 aliphatic rings. The van der Waals surface area contributed by atoms with E-state index in [1.54, 1.807) is 0 Å². The van der Waals surface area contributed by atoms with E-state index < -0.39 is 0 Å². The summed E-state index contributed by atoms with van der Waals surface area (Å²) in [5.41, 5.74) is 3.31. The van der Waals surface area contributed by atoms with Crippen molar-refractivity contribution in [3.05, 3.63) is 60.2 Å². The lowest BCUT2D eigenvalue weighted by Crippen LogP contribution is -2.46. The third-order valence-corrected chi connectivity index (χ3v) is 3.95. The van der Waals surface area contributed by atoms with E-state index in [-0.39, 0.29) is 30.0 Å². The van der Waals surface area contributed by atoms with Crippen molar-refractivity contribution in [2.45, 2.75) is 19.9 Å². The van der Waals surface area contributed by atoms with Gasteiger partial charge in [-0.3, -0.25) is 0 Å². The van der Waals surface area contributed by atoms with Crippen LogP contribution in [0.25, 0.3) is 11.1 Å². The molecule has 1 N–H and O–H groups in total. The molecule has 1 atom stereocenters. The number of ether oxygens (including phenoxy) is 1. The third-order valence-electron chi connectivity index (χ3n) is 3.95. The fourth-order valence-corrected chi connectivity index (χ4v) is 2.75. The maximum Gasteiger partial charge on any atom is 0.407 e. The standard InChI is InChI=1S/C18H19NO2.ClH/c1-18(2)12-21-17(20)19-16(18)15-10-6-9-14(11-15)13-7-4-3-5-8-13;/h3-11,16H,12H2,1-2H3,(H,19,20);1H/t16-;/m1./s1. The molecule has 116 valence electrons. The summed E-state index contributed by atoms with van der Waals surface area (Å²) < 4.78 is 5.11. The van der Waals surface area contributed by atoms with Gasteiger partial charge in [0.2, 0.25) is 0 Å². The van der Waals surface area contributed by atoms with E-state index in [0.29, 0.717) is 6.61 Å². The number of nitrogens with one attached hydrogen (secondary N) is 1. The quantitative estimate of drug-likeness (QED) is 0.880. The molecular weight excluding hydrogens is 298 g/mol. The fraction of sp³-hybridized carbons (Fsp3) is 0.278. The average Bonchev–Trinajstić information content (AvgIpc) is 2.51. The zero-order chi connectivity index (χ0) is 14.9. The zero-order valence-electron chi connectivity index (χ0n) is 12.7. The van der Waals surface area contributed by atoms with Crippen LogP contribution in [0.5, 0.6) is 0 Å². The van der Waals surface area contributed by atoms with Gasteiger partial charge in [0, 0.05) is 5.41 Å². The molecule has 0 radical (unpaired) electrons. The number of cyclic esters (lactones) is 1. The van der Waals surface area contributed by atoms with E-state index in [1.165, 1.54) is 5.56 Å². The van der Waals surface area contributed by atoms with Crippen molar-refractivity contribution in [2.24, 2.45) is 5.41 Å². The van der Waals surface area contributed by atoms with Gasteiger partial charge < -0.3 is 10.1 Å². The molecule has 0 aromatic heterocycles. The van der Waals surface area contributed by atoms with Crippen LogP contribution in [0.1, 0.15) is 25.5 Å². The van der Waals surface area contributed by atoms with Crippen molar-refractivity contribution >= 4 is 18.5 Å². The van der Waals surface area contributed by atoms with Gasteiger partial charge in [-0.15, -0.1) is 12.4 Å². The topological polar surface area (TPSA) is 38.3 Å². The van der Waals surface area contributed by atoms with Crippen LogP contribution in [-0.2, 0) is 4.74 Å². The Morgan fingerprint density at radius 3 is 2.45 bits per heavy atom. The highest BCUT2D eigenvalue weighted by Crippen LogP contribution is 2.37. The number of rotatable bonds is 2. The predicted octanol–water partition coefficient (Wildman–Crippen LogP) is 4.58. The van der Waals surface area contributed by atoms with Crippen LogP contribution in [-0.4, -0.2) is 12.7 Å². The lowest BCUT2D eigenvalue weighted by Gasteiger charge is -2.38. The summed E-state index contributed by atoms with van der Waals surface area (Å²) in [5.74, 6) is 0. The smallest absolute Gasteiger partial charge is 0.407 e. The minimum atomic E-state index is -0.343. The van der Waals surface area contributed by atoms with Crippen LogP contribution < -0.4 is 5.32 Å². The number of amides is 1. The van der Waals surface area contributed by atoms with Gasteiger partial charge in [-0.1, -0.05) is 62.4 Å². The largest absolute Gasteiger partial charge is 0.449 e. The van der Waals surface area contributed by atoms with E-state index in [2.05, 4.69) is 49.5 Å². The Hall–Kier alpha value is -2.00. The van der Waals surface area contributed by atoms with E-state index >= 15 is 0 Å².